The van der Waals surface area contributed by atoms with Gasteiger partial charge in [-0.1, -0.05) is 34.8 Å². The Bertz CT molecular complexity index is 2060. The number of phenolic OH excluding ortho intramolecular Hbond substituents is 1. The maximum atomic E-state index is 11.6. The molecule has 0 bridgehead atoms. The molecule has 388 valence electrons. The molecule has 3 aromatic rings. The van der Waals surface area contributed by atoms with Crippen molar-refractivity contribution in [2.75, 3.05) is 26.1 Å². The smallest absolute Gasteiger partial charge is 0.407 e. The maximum Gasteiger partial charge on any atom is 0.407 e. The lowest BCUT2D eigenvalue weighted by atomic mass is 10.2. The summed E-state index contributed by atoms with van der Waals surface area (Å²) in [5, 5.41) is 24.4. The number of carboxylic acid groups (broad SMARTS) is 1. The number of carboxylic acids is 1. The first-order valence-corrected chi connectivity index (χ1v) is 24.8. The second kappa shape index (κ2) is 33.3. The third-order valence-corrected chi connectivity index (χ3v) is 9.80. The van der Waals surface area contributed by atoms with Gasteiger partial charge in [0.05, 0.1) is 32.5 Å². The van der Waals surface area contributed by atoms with E-state index in [1.807, 2.05) is 91.8 Å². The summed E-state index contributed by atoms with van der Waals surface area (Å²) in [7, 11) is -3.42. The number of benzene rings is 3. The zero-order valence-electron chi connectivity index (χ0n) is 42.1. The van der Waals surface area contributed by atoms with Gasteiger partial charge in [0.2, 0.25) is 0 Å². The Morgan fingerprint density at radius 1 is 0.632 bits per heavy atom. The minimum absolute atomic E-state index is 0.0201. The number of ether oxygens (including phenoxy) is 4. The molecule has 0 aromatic heterocycles. The van der Waals surface area contributed by atoms with Crippen molar-refractivity contribution in [2.45, 2.75) is 151 Å². The average molecular weight is 1040 g/mol. The molecule has 0 aliphatic carbocycles. The highest BCUT2D eigenvalue weighted by Gasteiger charge is 2.19. The highest BCUT2D eigenvalue weighted by Crippen LogP contribution is 2.23. The minimum atomic E-state index is -3.42. The van der Waals surface area contributed by atoms with E-state index in [2.05, 4.69) is 14.8 Å². The predicted molar refractivity (Wildman–Crippen MR) is 273 cm³/mol. The second-order valence-corrected chi connectivity index (χ2v) is 20.9. The number of alkyl carbamates (subject to hydrolysis) is 2. The summed E-state index contributed by atoms with van der Waals surface area (Å²) in [4.78, 5) is 32.7. The largest absolute Gasteiger partial charge is 0.508 e. The van der Waals surface area contributed by atoms with Gasteiger partial charge in [-0.25, -0.2) is 9.59 Å². The van der Waals surface area contributed by atoms with Gasteiger partial charge < -0.3 is 51.3 Å². The molecule has 4 unspecified atom stereocenters. The number of nitrogens with one attached hydrogen (secondary N) is 2. The number of carbonyl (C=O) groups is 3. The number of phenols is 1. The fourth-order valence-corrected chi connectivity index (χ4v) is 5.32. The third-order valence-electron chi connectivity index (χ3n) is 7.93. The molecule has 0 fully saturated rings. The maximum absolute atomic E-state index is 11.6. The van der Waals surface area contributed by atoms with Gasteiger partial charge in [-0.05, 0) is 174 Å². The molecule has 0 saturated heterocycles. The molecule has 68 heavy (non-hydrogen) atoms. The van der Waals surface area contributed by atoms with Crippen LogP contribution in [-0.4, -0.2) is 98.2 Å². The van der Waals surface area contributed by atoms with Crippen LogP contribution in [0.1, 0.15) is 112 Å². The topological polar surface area (TPSA) is 248 Å². The molecule has 3 aromatic carbocycles. The van der Waals surface area contributed by atoms with Crippen LogP contribution >= 0.6 is 34.8 Å². The molecule has 0 aliphatic rings. The van der Waals surface area contributed by atoms with Gasteiger partial charge in [0, 0.05) is 45.7 Å². The minimum Gasteiger partial charge on any atom is -0.508 e. The highest BCUT2D eigenvalue weighted by atomic mass is 35.5. The number of aryl methyl sites for hydroxylation is 3. The number of aliphatic carboxylic acids is 1. The summed E-state index contributed by atoms with van der Waals surface area (Å²) >= 11 is 17.5. The van der Waals surface area contributed by atoms with Crippen molar-refractivity contribution in [3.05, 3.63) is 86.4 Å². The van der Waals surface area contributed by atoms with Crippen LogP contribution < -0.4 is 31.6 Å². The first-order valence-electron chi connectivity index (χ1n) is 21.9. The summed E-state index contributed by atoms with van der Waals surface area (Å²) in [6.07, 6.45) is 2.06. The van der Waals surface area contributed by atoms with Crippen LogP contribution in [0, 0.1) is 20.8 Å². The normalized spacial score (nSPS) is 12.7. The van der Waals surface area contributed by atoms with Crippen LogP contribution in [0.25, 0.3) is 0 Å². The summed E-state index contributed by atoms with van der Waals surface area (Å²) in [6, 6.07) is 15.8. The number of halogens is 3. The van der Waals surface area contributed by atoms with Gasteiger partial charge in [0.1, 0.15) is 28.5 Å². The Balaban J connectivity index is 0. The lowest BCUT2D eigenvalue weighted by Gasteiger charge is -2.22. The van der Waals surface area contributed by atoms with Crippen LogP contribution in [0.5, 0.6) is 17.2 Å². The summed E-state index contributed by atoms with van der Waals surface area (Å²) in [5.41, 5.74) is 12.6. The fourth-order valence-electron chi connectivity index (χ4n) is 4.57. The molecule has 0 heterocycles. The van der Waals surface area contributed by atoms with E-state index in [0.29, 0.717) is 31.1 Å². The van der Waals surface area contributed by atoms with E-state index in [1.54, 1.807) is 52.8 Å². The van der Waals surface area contributed by atoms with Crippen molar-refractivity contribution in [3.8, 4) is 17.2 Å². The number of hydrogen-bond donors (Lipinski definition) is 6. The van der Waals surface area contributed by atoms with E-state index in [9.17, 15) is 22.8 Å². The summed E-state index contributed by atoms with van der Waals surface area (Å²) < 4.78 is 47.3. The zero-order chi connectivity index (χ0) is 53.0. The molecule has 0 radical (unpaired) electrons. The number of carbonyl (C=O) groups excluding carboxylic acids is 2. The van der Waals surface area contributed by atoms with Crippen LogP contribution in [0.4, 0.5) is 9.59 Å². The van der Waals surface area contributed by atoms with Gasteiger partial charge in [0.25, 0.3) is 10.1 Å². The molecular weight excluding hydrogens is 963 g/mol. The predicted octanol–water partition coefficient (Wildman–Crippen LogP) is 10.5. The average Bonchev–Trinajstić information content (AvgIpc) is 3.14. The number of amides is 2. The van der Waals surface area contributed by atoms with E-state index < -0.39 is 39.5 Å². The van der Waals surface area contributed by atoms with E-state index >= 15 is 0 Å². The third kappa shape index (κ3) is 39.7. The molecule has 4 atom stereocenters. The number of hydrogen-bond acceptors (Lipinski definition) is 13. The Morgan fingerprint density at radius 3 is 1.29 bits per heavy atom. The lowest BCUT2D eigenvalue weighted by molar-refractivity contribution is -0.137. The Morgan fingerprint density at radius 2 is 1.00 bits per heavy atom. The van der Waals surface area contributed by atoms with Crippen LogP contribution in [0.3, 0.4) is 0 Å². The Hall–Kier alpha value is -4.23. The van der Waals surface area contributed by atoms with Gasteiger partial charge in [-0.2, -0.15) is 8.42 Å². The molecule has 0 aliphatic heterocycles. The lowest BCUT2D eigenvalue weighted by Crippen LogP contribution is -2.38. The number of nitrogens with two attached hydrogens (primary N) is 2. The fraction of sp³-hybridized carbons (Fsp3) is 0.562. The Labute approximate surface area is 420 Å². The molecule has 16 nitrogen and oxygen atoms in total. The molecule has 8 N–H and O–H groups in total. The Kier molecular flexibility index (Phi) is 32.3. The van der Waals surface area contributed by atoms with E-state index in [-0.39, 0.29) is 42.9 Å². The van der Waals surface area contributed by atoms with Crippen molar-refractivity contribution in [1.82, 2.24) is 10.6 Å². The van der Waals surface area contributed by atoms with Gasteiger partial charge in [-0.15, -0.1) is 0 Å². The van der Waals surface area contributed by atoms with Crippen molar-refractivity contribution in [1.29, 1.82) is 0 Å². The van der Waals surface area contributed by atoms with E-state index in [0.717, 1.165) is 50.9 Å². The van der Waals surface area contributed by atoms with Crippen LogP contribution in [0.2, 0.25) is 15.1 Å². The second-order valence-electron chi connectivity index (χ2n) is 18.0. The van der Waals surface area contributed by atoms with E-state index in [4.69, 9.17) is 75.4 Å². The van der Waals surface area contributed by atoms with Crippen molar-refractivity contribution in [3.63, 3.8) is 0 Å². The van der Waals surface area contributed by atoms with Crippen molar-refractivity contribution in [2.24, 2.45) is 11.5 Å². The van der Waals surface area contributed by atoms with Gasteiger partial charge in [-0.3, -0.25) is 8.98 Å². The van der Waals surface area contributed by atoms with Gasteiger partial charge in [0.15, 0.2) is 0 Å². The standard InChI is InChI=1S/C16H24ClNO3.C11H16ClNO.C10H21NO5S.C7H7ClO.C4H9NO2/c1-11-10-13(6-7-14(11)17)20-9-8-12(2)18-15(19)21-16(3,4)5;1-8-7-10(3-4-11(8)12)14-6-5-9(2)13;1-8(6-7-15-17(5,13)14)11-9(12)16-10(2,3)4;1-5-4-6(9)2-3-7(5)8;1-3(5)2-4(6)7/h6-7,10,12H,8-9H2,1-5H3,(H,18,19);3-4,7,9H,5-6,13H2,1-2H3;8H,6-7H2,1-5H3,(H,11,12);2-4,9H,1H3;3H,2,5H2,1H3,(H,6,7). The highest BCUT2D eigenvalue weighted by molar-refractivity contribution is 7.85. The van der Waals surface area contributed by atoms with E-state index in [1.165, 1.54) is 0 Å². The quantitative estimate of drug-likeness (QED) is 0.0731. The molecule has 20 heteroatoms. The molecular formula is C48H77Cl3N4O12S. The van der Waals surface area contributed by atoms with Crippen LogP contribution in [-0.2, 0) is 28.6 Å². The summed E-state index contributed by atoms with van der Waals surface area (Å²) in [5.74, 6) is 1.06. The molecule has 3 rings (SSSR count). The van der Waals surface area contributed by atoms with Crippen LogP contribution in [0.15, 0.2) is 54.6 Å². The molecule has 2 amide bonds. The summed E-state index contributed by atoms with van der Waals surface area (Å²) in [6.45, 7) is 25.0. The number of aromatic hydroxyl groups is 1. The van der Waals surface area contributed by atoms with Crippen molar-refractivity contribution < 1.29 is 56.1 Å². The van der Waals surface area contributed by atoms with Gasteiger partial charge >= 0.3 is 18.2 Å². The number of rotatable bonds is 16. The van der Waals surface area contributed by atoms with Crippen molar-refractivity contribution >= 4 is 63.1 Å². The monoisotopic (exact) mass is 1040 g/mol. The SMILES string of the molecule is CC(CCOS(C)(=O)=O)NC(=O)OC(C)(C)C.CC(N)CC(=O)O.Cc1cc(O)ccc1Cl.Cc1cc(OCCC(C)N)ccc1Cl.Cc1cc(OCCC(C)NC(=O)OC(C)(C)C)ccc1Cl. The molecule has 0 spiro atoms. The first-order chi connectivity index (χ1) is 31.1. The first kappa shape index (κ1) is 65.9. The zero-order valence-corrected chi connectivity index (χ0v) is 45.2. The molecule has 0 saturated carbocycles.